The van der Waals surface area contributed by atoms with Crippen molar-refractivity contribution in [3.63, 3.8) is 0 Å². The first kappa shape index (κ1) is 19.9. The topological polar surface area (TPSA) is 12.9 Å². The van der Waals surface area contributed by atoms with Gasteiger partial charge < -0.3 is 0 Å². The minimum Gasteiger partial charge on any atom is -0.260 e. The average Bonchev–Trinajstić information content (AvgIpc) is 3.44. The SMILES string of the molecule is C=C/C=C(\C=C)C(C1=CC2CC2C=C1)c1ccccn1.CC.CC. The quantitative estimate of drug-likeness (QED) is 0.553. The minimum absolute atomic E-state index is 0.157. The Morgan fingerprint density at radius 1 is 1.17 bits per heavy atom. The summed E-state index contributed by atoms with van der Waals surface area (Å²) in [5.41, 5.74) is 3.54. The summed E-state index contributed by atoms with van der Waals surface area (Å²) in [6, 6.07) is 6.07. The van der Waals surface area contributed by atoms with Crippen LogP contribution in [0.4, 0.5) is 0 Å². The van der Waals surface area contributed by atoms with Crippen molar-refractivity contribution in [2.75, 3.05) is 0 Å². The molecule has 0 N–H and O–H groups in total. The van der Waals surface area contributed by atoms with Gasteiger partial charge in [0.05, 0.1) is 11.6 Å². The summed E-state index contributed by atoms with van der Waals surface area (Å²) in [4.78, 5) is 4.55. The largest absolute Gasteiger partial charge is 0.260 e. The number of aromatic nitrogens is 1. The minimum atomic E-state index is 0.157. The van der Waals surface area contributed by atoms with Crippen LogP contribution in [0.1, 0.15) is 45.7 Å². The van der Waals surface area contributed by atoms with E-state index in [4.69, 9.17) is 0 Å². The first-order valence-corrected chi connectivity index (χ1v) is 9.09. The molecule has 0 saturated heterocycles. The molecular formula is C23H31N. The van der Waals surface area contributed by atoms with Crippen LogP contribution >= 0.6 is 0 Å². The molecule has 3 atom stereocenters. The van der Waals surface area contributed by atoms with Gasteiger partial charge in [-0.25, -0.2) is 0 Å². The number of allylic oxidation sites excluding steroid dienone is 8. The van der Waals surface area contributed by atoms with Crippen LogP contribution in [-0.4, -0.2) is 4.98 Å². The van der Waals surface area contributed by atoms with E-state index in [1.807, 2.05) is 64.3 Å². The first-order valence-electron chi connectivity index (χ1n) is 9.09. The lowest BCUT2D eigenvalue weighted by molar-refractivity contribution is 0.870. The second-order valence-corrected chi connectivity index (χ2v) is 5.38. The molecule has 3 unspecified atom stereocenters. The molecule has 3 rings (SSSR count). The van der Waals surface area contributed by atoms with E-state index in [0.717, 1.165) is 23.1 Å². The molecule has 0 amide bonds. The first-order chi connectivity index (χ1) is 11.8. The van der Waals surface area contributed by atoms with Crippen molar-refractivity contribution in [3.05, 3.63) is 90.9 Å². The molecule has 1 heterocycles. The van der Waals surface area contributed by atoms with Gasteiger partial charge in [0, 0.05) is 6.20 Å². The molecule has 1 aromatic rings. The van der Waals surface area contributed by atoms with E-state index in [0.29, 0.717) is 0 Å². The van der Waals surface area contributed by atoms with Crippen LogP contribution in [0.2, 0.25) is 0 Å². The molecule has 24 heavy (non-hydrogen) atoms. The maximum atomic E-state index is 4.55. The molecular weight excluding hydrogens is 290 g/mol. The highest BCUT2D eigenvalue weighted by Crippen LogP contribution is 2.47. The van der Waals surface area contributed by atoms with Crippen LogP contribution in [0.15, 0.2) is 85.2 Å². The zero-order valence-corrected chi connectivity index (χ0v) is 15.6. The van der Waals surface area contributed by atoms with E-state index < -0.39 is 0 Å². The molecule has 1 fully saturated rings. The molecule has 2 aliphatic carbocycles. The molecule has 128 valence electrons. The normalized spacial score (nSPS) is 21.7. The number of hydrogen-bond acceptors (Lipinski definition) is 1. The molecule has 0 bridgehead atoms. The Labute approximate surface area is 148 Å². The third kappa shape index (κ3) is 4.92. The Hall–Kier alpha value is -2.15. The predicted molar refractivity (Wildman–Crippen MR) is 107 cm³/mol. The Morgan fingerprint density at radius 3 is 2.46 bits per heavy atom. The van der Waals surface area contributed by atoms with E-state index in [1.54, 1.807) is 0 Å². The zero-order chi connectivity index (χ0) is 17.9. The molecule has 2 aliphatic rings. The summed E-state index contributed by atoms with van der Waals surface area (Å²) in [7, 11) is 0. The number of rotatable bonds is 5. The summed E-state index contributed by atoms with van der Waals surface area (Å²) in [6.45, 7) is 15.8. The monoisotopic (exact) mass is 321 g/mol. The number of hydrogen-bond donors (Lipinski definition) is 0. The van der Waals surface area contributed by atoms with Gasteiger partial charge in [-0.3, -0.25) is 4.98 Å². The van der Waals surface area contributed by atoms with Crippen molar-refractivity contribution in [2.24, 2.45) is 11.8 Å². The highest BCUT2D eigenvalue weighted by molar-refractivity contribution is 5.47. The molecule has 0 aliphatic heterocycles. The average molecular weight is 322 g/mol. The maximum Gasteiger partial charge on any atom is 0.0522 e. The van der Waals surface area contributed by atoms with E-state index in [-0.39, 0.29) is 5.92 Å². The van der Waals surface area contributed by atoms with Crippen LogP contribution in [-0.2, 0) is 0 Å². The number of fused-ring (bicyclic) bond motifs is 1. The fraction of sp³-hybridized carbons (Fsp3) is 0.348. The molecule has 0 aromatic carbocycles. The number of pyridine rings is 1. The smallest absolute Gasteiger partial charge is 0.0522 e. The molecule has 1 saturated carbocycles. The van der Waals surface area contributed by atoms with Gasteiger partial charge in [0.2, 0.25) is 0 Å². The van der Waals surface area contributed by atoms with Crippen LogP contribution in [0, 0.1) is 11.8 Å². The predicted octanol–water partition coefficient (Wildman–Crippen LogP) is 6.65. The van der Waals surface area contributed by atoms with Crippen molar-refractivity contribution in [2.45, 2.75) is 40.0 Å². The van der Waals surface area contributed by atoms with Crippen molar-refractivity contribution in [1.82, 2.24) is 4.98 Å². The Kier molecular flexibility index (Phi) is 8.78. The highest BCUT2D eigenvalue weighted by Gasteiger charge is 2.36. The van der Waals surface area contributed by atoms with E-state index in [2.05, 4.69) is 42.4 Å². The van der Waals surface area contributed by atoms with Crippen LogP contribution in [0.5, 0.6) is 0 Å². The van der Waals surface area contributed by atoms with Gasteiger partial charge in [0.1, 0.15) is 0 Å². The maximum absolute atomic E-state index is 4.55. The van der Waals surface area contributed by atoms with Crippen molar-refractivity contribution >= 4 is 0 Å². The van der Waals surface area contributed by atoms with Gasteiger partial charge in [-0.1, -0.05) is 83.4 Å². The van der Waals surface area contributed by atoms with Gasteiger partial charge in [-0.05, 0) is 41.5 Å². The molecule has 0 radical (unpaired) electrons. The second kappa shape index (κ2) is 10.6. The fourth-order valence-electron chi connectivity index (χ4n) is 2.88. The van der Waals surface area contributed by atoms with Crippen molar-refractivity contribution < 1.29 is 0 Å². The van der Waals surface area contributed by atoms with E-state index in [9.17, 15) is 0 Å². The highest BCUT2D eigenvalue weighted by atomic mass is 14.7. The fourth-order valence-corrected chi connectivity index (χ4v) is 2.88. The van der Waals surface area contributed by atoms with Crippen molar-refractivity contribution in [3.8, 4) is 0 Å². The van der Waals surface area contributed by atoms with Gasteiger partial charge in [-0.15, -0.1) is 0 Å². The van der Waals surface area contributed by atoms with Gasteiger partial charge in [0.25, 0.3) is 0 Å². The lowest BCUT2D eigenvalue weighted by atomic mass is 9.84. The molecule has 1 aromatic heterocycles. The Balaban J connectivity index is 0.000000671. The standard InChI is InChI=1S/C19H19N.2C2H6/c1-3-7-14(4-2)19(18-8-5-6-11-20-18)16-10-9-15-12-17(15)13-16;2*1-2/h3-11,13,15,17,19H,1-2,12H2;2*1-2H3/b14-7+;;. The van der Waals surface area contributed by atoms with Gasteiger partial charge in [0.15, 0.2) is 0 Å². The Bertz CT molecular complexity index is 604. The Morgan fingerprint density at radius 2 is 1.92 bits per heavy atom. The summed E-state index contributed by atoms with van der Waals surface area (Å²) < 4.78 is 0. The van der Waals surface area contributed by atoms with E-state index >= 15 is 0 Å². The van der Waals surface area contributed by atoms with Crippen LogP contribution in [0.25, 0.3) is 0 Å². The summed E-state index contributed by atoms with van der Waals surface area (Å²) in [6.07, 6.45) is 15.9. The zero-order valence-electron chi connectivity index (χ0n) is 15.6. The molecule has 0 spiro atoms. The van der Waals surface area contributed by atoms with Crippen LogP contribution in [0.3, 0.4) is 0 Å². The lowest BCUT2D eigenvalue weighted by Crippen LogP contribution is -2.07. The lowest BCUT2D eigenvalue weighted by Gasteiger charge is -2.21. The second-order valence-electron chi connectivity index (χ2n) is 5.38. The summed E-state index contributed by atoms with van der Waals surface area (Å²) in [5, 5.41) is 0. The van der Waals surface area contributed by atoms with Crippen LogP contribution < -0.4 is 0 Å². The van der Waals surface area contributed by atoms with Gasteiger partial charge in [-0.2, -0.15) is 0 Å². The van der Waals surface area contributed by atoms with Gasteiger partial charge >= 0.3 is 0 Å². The van der Waals surface area contributed by atoms with Crippen molar-refractivity contribution in [1.29, 1.82) is 0 Å². The third-order valence-corrected chi connectivity index (χ3v) is 4.03. The van der Waals surface area contributed by atoms with E-state index in [1.165, 1.54) is 12.0 Å². The summed E-state index contributed by atoms with van der Waals surface area (Å²) in [5.74, 6) is 1.67. The summed E-state index contributed by atoms with van der Waals surface area (Å²) >= 11 is 0. The molecule has 1 heteroatoms. The molecule has 1 nitrogen and oxygen atoms in total. The number of nitrogens with zero attached hydrogens (tertiary/aromatic N) is 1. The third-order valence-electron chi connectivity index (χ3n) is 4.03.